The van der Waals surface area contributed by atoms with Crippen LogP contribution in [0.2, 0.25) is 0 Å². The average Bonchev–Trinajstić information content (AvgIpc) is 2.88. The second-order valence-electron chi connectivity index (χ2n) is 5.84. The molecule has 1 aliphatic heterocycles. The first-order chi connectivity index (χ1) is 9.15. The summed E-state index contributed by atoms with van der Waals surface area (Å²) in [4.78, 5) is 7.20. The quantitative estimate of drug-likeness (QED) is 0.880. The highest BCUT2D eigenvalue weighted by atomic mass is 15.2. The van der Waals surface area contributed by atoms with Crippen LogP contribution in [0.15, 0.2) is 18.3 Å². The average molecular weight is 261 g/mol. The summed E-state index contributed by atoms with van der Waals surface area (Å²) < 4.78 is 0. The van der Waals surface area contributed by atoms with Crippen molar-refractivity contribution in [1.29, 1.82) is 0 Å². The van der Waals surface area contributed by atoms with Gasteiger partial charge in [0.1, 0.15) is 5.82 Å². The fraction of sp³-hybridized carbons (Fsp3) is 0.688. The van der Waals surface area contributed by atoms with Crippen molar-refractivity contribution in [2.45, 2.75) is 52.6 Å². The second-order valence-corrected chi connectivity index (χ2v) is 5.84. The number of nitrogens with one attached hydrogen (secondary N) is 1. The molecule has 3 nitrogen and oxygen atoms in total. The van der Waals surface area contributed by atoms with Crippen LogP contribution in [0.3, 0.4) is 0 Å². The highest BCUT2D eigenvalue weighted by molar-refractivity contribution is 5.50. The monoisotopic (exact) mass is 261 g/mol. The van der Waals surface area contributed by atoms with Crippen LogP contribution in [0.1, 0.15) is 52.1 Å². The summed E-state index contributed by atoms with van der Waals surface area (Å²) in [7, 11) is 0. The first-order valence-electron chi connectivity index (χ1n) is 7.60. The number of hydrogen-bond donors (Lipinski definition) is 1. The third-order valence-corrected chi connectivity index (χ3v) is 4.13. The molecule has 2 rings (SSSR count). The minimum atomic E-state index is 0.363. The van der Waals surface area contributed by atoms with Crippen LogP contribution in [-0.4, -0.2) is 24.1 Å². The summed E-state index contributed by atoms with van der Waals surface area (Å²) >= 11 is 0. The Kier molecular flexibility index (Phi) is 4.81. The van der Waals surface area contributed by atoms with Gasteiger partial charge in [0.15, 0.2) is 0 Å². The van der Waals surface area contributed by atoms with Crippen molar-refractivity contribution >= 4 is 5.82 Å². The zero-order valence-electron chi connectivity index (χ0n) is 12.7. The number of hydrogen-bond acceptors (Lipinski definition) is 3. The molecular weight excluding hydrogens is 234 g/mol. The Labute approximate surface area is 117 Å². The zero-order valence-corrected chi connectivity index (χ0v) is 12.7. The smallest absolute Gasteiger partial charge is 0.133 e. The van der Waals surface area contributed by atoms with Crippen LogP contribution >= 0.6 is 0 Å². The molecule has 1 aliphatic rings. The molecule has 3 heteroatoms. The molecule has 1 N–H and O–H groups in total. The maximum Gasteiger partial charge on any atom is 0.133 e. The van der Waals surface area contributed by atoms with Crippen LogP contribution in [0.5, 0.6) is 0 Å². The molecule has 0 spiro atoms. The Bertz CT molecular complexity index is 403. The molecule has 1 aromatic rings. The normalized spacial score (nSPS) is 21.1. The molecule has 19 heavy (non-hydrogen) atoms. The Hall–Kier alpha value is -1.09. The van der Waals surface area contributed by atoms with Gasteiger partial charge >= 0.3 is 0 Å². The van der Waals surface area contributed by atoms with E-state index in [4.69, 9.17) is 0 Å². The molecule has 2 unspecified atom stereocenters. The molecule has 0 amide bonds. The van der Waals surface area contributed by atoms with Crippen molar-refractivity contribution in [3.8, 4) is 0 Å². The van der Waals surface area contributed by atoms with Crippen molar-refractivity contribution in [1.82, 2.24) is 10.3 Å². The minimum Gasteiger partial charge on any atom is -0.353 e. The molecule has 0 radical (unpaired) electrons. The summed E-state index contributed by atoms with van der Waals surface area (Å²) in [5.74, 6) is 1.87. The predicted octanol–water partition coefficient (Wildman–Crippen LogP) is 3.38. The van der Waals surface area contributed by atoms with E-state index in [1.165, 1.54) is 24.2 Å². The van der Waals surface area contributed by atoms with Crippen molar-refractivity contribution in [2.24, 2.45) is 5.92 Å². The van der Waals surface area contributed by atoms with Gasteiger partial charge in [0, 0.05) is 30.4 Å². The van der Waals surface area contributed by atoms with Crippen molar-refractivity contribution in [2.75, 3.05) is 18.0 Å². The molecule has 0 bridgehead atoms. The predicted molar refractivity (Wildman–Crippen MR) is 81.5 cm³/mol. The third kappa shape index (κ3) is 3.08. The molecule has 106 valence electrons. The first kappa shape index (κ1) is 14.3. The minimum absolute atomic E-state index is 0.363. The fourth-order valence-electron chi connectivity index (χ4n) is 3.15. The van der Waals surface area contributed by atoms with Crippen LogP contribution in [-0.2, 0) is 0 Å². The van der Waals surface area contributed by atoms with Crippen molar-refractivity contribution in [3.05, 3.63) is 23.9 Å². The molecule has 1 aromatic heterocycles. The van der Waals surface area contributed by atoms with E-state index in [9.17, 15) is 0 Å². The summed E-state index contributed by atoms with van der Waals surface area (Å²) in [6, 6.07) is 5.27. The Balaban J connectivity index is 2.28. The largest absolute Gasteiger partial charge is 0.353 e. The Morgan fingerprint density at radius 3 is 2.89 bits per heavy atom. The molecule has 2 atom stereocenters. The SMILES string of the molecule is CCNC(C)c1cccnc1N1CCCC1C(C)C. The van der Waals surface area contributed by atoms with Crippen LogP contribution in [0, 0.1) is 5.92 Å². The summed E-state index contributed by atoms with van der Waals surface area (Å²) in [6.45, 7) is 11.2. The number of rotatable bonds is 5. The van der Waals surface area contributed by atoms with Gasteiger partial charge < -0.3 is 10.2 Å². The van der Waals surface area contributed by atoms with E-state index in [0.717, 1.165) is 13.1 Å². The van der Waals surface area contributed by atoms with E-state index < -0.39 is 0 Å². The maximum absolute atomic E-state index is 4.68. The van der Waals surface area contributed by atoms with Gasteiger partial charge in [-0.3, -0.25) is 0 Å². The lowest BCUT2D eigenvalue weighted by Crippen LogP contribution is -2.35. The molecule has 1 fully saturated rings. The van der Waals surface area contributed by atoms with Gasteiger partial charge in [-0.15, -0.1) is 0 Å². The van der Waals surface area contributed by atoms with E-state index in [2.05, 4.69) is 49.0 Å². The third-order valence-electron chi connectivity index (χ3n) is 4.13. The van der Waals surface area contributed by atoms with Gasteiger partial charge in [-0.25, -0.2) is 4.98 Å². The number of pyridine rings is 1. The van der Waals surface area contributed by atoms with E-state index in [1.807, 2.05) is 12.3 Å². The standard InChI is InChI=1S/C16H27N3/c1-5-17-13(4)14-8-6-10-18-16(14)19-11-7-9-15(19)12(2)3/h6,8,10,12-13,15,17H,5,7,9,11H2,1-4H3. The molecule has 0 aromatic carbocycles. The molecule has 1 saturated heterocycles. The Morgan fingerprint density at radius 1 is 1.42 bits per heavy atom. The number of aromatic nitrogens is 1. The zero-order chi connectivity index (χ0) is 13.8. The topological polar surface area (TPSA) is 28.2 Å². The van der Waals surface area contributed by atoms with Gasteiger partial charge in [0.05, 0.1) is 0 Å². The molecule has 0 aliphatic carbocycles. The van der Waals surface area contributed by atoms with Crippen LogP contribution < -0.4 is 10.2 Å². The fourth-order valence-corrected chi connectivity index (χ4v) is 3.15. The van der Waals surface area contributed by atoms with Gasteiger partial charge in [-0.1, -0.05) is 26.8 Å². The molecular formula is C16H27N3. The summed E-state index contributed by atoms with van der Waals surface area (Å²) in [5, 5.41) is 3.50. The van der Waals surface area contributed by atoms with Gasteiger partial charge in [-0.2, -0.15) is 0 Å². The lowest BCUT2D eigenvalue weighted by Gasteiger charge is -2.31. The van der Waals surface area contributed by atoms with Gasteiger partial charge in [0.25, 0.3) is 0 Å². The van der Waals surface area contributed by atoms with Crippen molar-refractivity contribution in [3.63, 3.8) is 0 Å². The summed E-state index contributed by atoms with van der Waals surface area (Å²) in [6.07, 6.45) is 4.50. The maximum atomic E-state index is 4.68. The lowest BCUT2D eigenvalue weighted by atomic mass is 10.0. The van der Waals surface area contributed by atoms with E-state index >= 15 is 0 Å². The highest BCUT2D eigenvalue weighted by Gasteiger charge is 2.30. The summed E-state index contributed by atoms with van der Waals surface area (Å²) in [5.41, 5.74) is 1.33. The number of anilines is 1. The van der Waals surface area contributed by atoms with Gasteiger partial charge in [0.2, 0.25) is 0 Å². The number of nitrogens with zero attached hydrogens (tertiary/aromatic N) is 2. The highest BCUT2D eigenvalue weighted by Crippen LogP contribution is 2.32. The Morgan fingerprint density at radius 2 is 2.21 bits per heavy atom. The van der Waals surface area contributed by atoms with Crippen LogP contribution in [0.25, 0.3) is 0 Å². The van der Waals surface area contributed by atoms with Crippen LogP contribution in [0.4, 0.5) is 5.82 Å². The molecule has 2 heterocycles. The van der Waals surface area contributed by atoms with E-state index in [-0.39, 0.29) is 0 Å². The lowest BCUT2D eigenvalue weighted by molar-refractivity contribution is 0.486. The van der Waals surface area contributed by atoms with E-state index in [0.29, 0.717) is 18.0 Å². The molecule has 0 saturated carbocycles. The first-order valence-corrected chi connectivity index (χ1v) is 7.60. The van der Waals surface area contributed by atoms with E-state index in [1.54, 1.807) is 0 Å². The van der Waals surface area contributed by atoms with Crippen molar-refractivity contribution < 1.29 is 0 Å². The second kappa shape index (κ2) is 6.38. The van der Waals surface area contributed by atoms with Gasteiger partial charge in [-0.05, 0) is 38.3 Å².